The molecule has 1 heterocycles. The van der Waals surface area contributed by atoms with Crippen LogP contribution in [-0.4, -0.2) is 13.0 Å². The number of methoxy groups -OCH3 is 1. The Morgan fingerprint density at radius 2 is 1.60 bits per heavy atom. The van der Waals surface area contributed by atoms with Crippen LogP contribution in [0, 0.1) is 5.82 Å². The first kappa shape index (κ1) is 21.3. The van der Waals surface area contributed by atoms with E-state index in [1.807, 2.05) is 59.4 Å². The molecular formula is C24H20ClFN2O2. The molecule has 0 saturated heterocycles. The molecule has 4 nitrogen and oxygen atoms in total. The Morgan fingerprint density at radius 1 is 0.933 bits per heavy atom. The summed E-state index contributed by atoms with van der Waals surface area (Å²) in [6.07, 6.45) is 3.76. The number of hydrogen-bond donors (Lipinski definition) is 1. The van der Waals surface area contributed by atoms with Gasteiger partial charge in [0, 0.05) is 23.3 Å². The summed E-state index contributed by atoms with van der Waals surface area (Å²) in [5.74, 6) is 0.372. The zero-order chi connectivity index (χ0) is 20.2. The van der Waals surface area contributed by atoms with Gasteiger partial charge in [-0.05, 0) is 59.3 Å². The number of hydrogen-bond acceptors (Lipinski definition) is 2. The number of aromatic nitrogens is 1. The SMILES string of the molecule is COc1ccc2cc(C(=O)Nc3cc[n+](Cc4ccc(F)cc4)cc3)ccc2c1.[Cl-]. The van der Waals surface area contributed by atoms with Gasteiger partial charge in [0.2, 0.25) is 0 Å². The van der Waals surface area contributed by atoms with Crippen molar-refractivity contribution in [3.05, 3.63) is 102 Å². The number of carbonyl (C=O) groups is 1. The number of ether oxygens (including phenoxy) is 1. The summed E-state index contributed by atoms with van der Waals surface area (Å²) in [6.45, 7) is 0.628. The molecule has 0 bridgehead atoms. The summed E-state index contributed by atoms with van der Waals surface area (Å²) in [7, 11) is 1.63. The monoisotopic (exact) mass is 422 g/mol. The normalized spacial score (nSPS) is 10.3. The van der Waals surface area contributed by atoms with Crippen molar-refractivity contribution in [1.29, 1.82) is 0 Å². The molecule has 1 amide bonds. The largest absolute Gasteiger partial charge is 1.00 e. The van der Waals surface area contributed by atoms with Gasteiger partial charge in [-0.2, -0.15) is 0 Å². The van der Waals surface area contributed by atoms with Gasteiger partial charge in [0.25, 0.3) is 5.91 Å². The topological polar surface area (TPSA) is 42.2 Å². The first-order chi connectivity index (χ1) is 14.1. The van der Waals surface area contributed by atoms with E-state index in [1.165, 1.54) is 12.1 Å². The molecule has 0 unspecified atom stereocenters. The van der Waals surface area contributed by atoms with Crippen LogP contribution in [0.5, 0.6) is 5.75 Å². The molecule has 3 aromatic carbocycles. The van der Waals surface area contributed by atoms with Crippen LogP contribution in [0.15, 0.2) is 85.2 Å². The third-order valence-electron chi connectivity index (χ3n) is 4.74. The molecule has 4 aromatic rings. The fourth-order valence-electron chi connectivity index (χ4n) is 3.14. The molecule has 0 saturated carbocycles. The van der Waals surface area contributed by atoms with Gasteiger partial charge in [0.05, 0.1) is 12.8 Å². The van der Waals surface area contributed by atoms with Gasteiger partial charge in [-0.3, -0.25) is 4.79 Å². The Labute approximate surface area is 180 Å². The number of carbonyl (C=O) groups excluding carboxylic acids is 1. The van der Waals surface area contributed by atoms with E-state index in [4.69, 9.17) is 4.74 Å². The molecule has 30 heavy (non-hydrogen) atoms. The number of benzene rings is 3. The molecule has 4 rings (SSSR count). The van der Waals surface area contributed by atoms with Crippen molar-refractivity contribution < 1.29 is 30.9 Å². The fourth-order valence-corrected chi connectivity index (χ4v) is 3.14. The molecule has 6 heteroatoms. The second-order valence-corrected chi connectivity index (χ2v) is 6.77. The molecular weight excluding hydrogens is 403 g/mol. The molecule has 0 aliphatic carbocycles. The Balaban J connectivity index is 0.00000256. The fraction of sp³-hybridized carbons (Fsp3) is 0.0833. The van der Waals surface area contributed by atoms with E-state index < -0.39 is 0 Å². The first-order valence-electron chi connectivity index (χ1n) is 9.23. The highest BCUT2D eigenvalue weighted by molar-refractivity contribution is 6.06. The third kappa shape index (κ3) is 4.93. The van der Waals surface area contributed by atoms with Gasteiger partial charge in [-0.25, -0.2) is 8.96 Å². The van der Waals surface area contributed by atoms with Crippen molar-refractivity contribution in [2.45, 2.75) is 6.54 Å². The van der Waals surface area contributed by atoms with Crippen LogP contribution in [0.3, 0.4) is 0 Å². The molecule has 0 fully saturated rings. The molecule has 1 N–H and O–H groups in total. The summed E-state index contributed by atoms with van der Waals surface area (Å²) in [4.78, 5) is 12.6. The van der Waals surface area contributed by atoms with Crippen LogP contribution in [0.1, 0.15) is 15.9 Å². The van der Waals surface area contributed by atoms with Crippen molar-refractivity contribution in [3.63, 3.8) is 0 Å². The predicted octanol–water partition coefficient (Wildman–Crippen LogP) is 1.58. The average molecular weight is 423 g/mol. The van der Waals surface area contributed by atoms with E-state index in [-0.39, 0.29) is 24.1 Å². The molecule has 0 aliphatic rings. The maximum Gasteiger partial charge on any atom is 0.255 e. The first-order valence-corrected chi connectivity index (χ1v) is 9.23. The smallest absolute Gasteiger partial charge is 0.255 e. The Morgan fingerprint density at radius 3 is 2.30 bits per heavy atom. The summed E-state index contributed by atoms with van der Waals surface area (Å²) in [5, 5.41) is 4.91. The van der Waals surface area contributed by atoms with Crippen molar-refractivity contribution >= 4 is 22.4 Å². The van der Waals surface area contributed by atoms with Crippen LogP contribution >= 0.6 is 0 Å². The highest BCUT2D eigenvalue weighted by atomic mass is 35.5. The summed E-state index contributed by atoms with van der Waals surface area (Å²) >= 11 is 0. The van der Waals surface area contributed by atoms with Crippen LogP contribution in [-0.2, 0) is 6.54 Å². The van der Waals surface area contributed by atoms with Crippen molar-refractivity contribution in [1.82, 2.24) is 0 Å². The lowest BCUT2D eigenvalue weighted by Crippen LogP contribution is -3.00. The maximum absolute atomic E-state index is 13.0. The lowest BCUT2D eigenvalue weighted by atomic mass is 10.1. The van der Waals surface area contributed by atoms with Crippen LogP contribution < -0.4 is 27.0 Å². The van der Waals surface area contributed by atoms with Gasteiger partial charge in [-0.15, -0.1) is 0 Å². The van der Waals surface area contributed by atoms with E-state index in [0.29, 0.717) is 17.8 Å². The van der Waals surface area contributed by atoms with E-state index in [0.717, 1.165) is 22.1 Å². The van der Waals surface area contributed by atoms with E-state index in [2.05, 4.69) is 5.32 Å². The lowest BCUT2D eigenvalue weighted by molar-refractivity contribution is -0.688. The number of rotatable bonds is 5. The standard InChI is InChI=1S/C24H19FN2O2.ClH/c1-29-23-9-6-18-14-20(5-4-19(18)15-23)24(28)26-22-10-12-27(13-11-22)16-17-2-7-21(25)8-3-17;/h2-15H,16H2,1H3;1H. The molecule has 152 valence electrons. The minimum Gasteiger partial charge on any atom is -1.00 e. The number of nitrogens with one attached hydrogen (secondary N) is 1. The minimum absolute atomic E-state index is 0. The summed E-state index contributed by atoms with van der Waals surface area (Å²) in [5.41, 5.74) is 2.30. The van der Waals surface area contributed by atoms with Crippen LogP contribution in [0.25, 0.3) is 10.8 Å². The summed E-state index contributed by atoms with van der Waals surface area (Å²) in [6, 6.07) is 21.4. The van der Waals surface area contributed by atoms with Crippen LogP contribution in [0.4, 0.5) is 10.1 Å². The highest BCUT2D eigenvalue weighted by Gasteiger charge is 2.09. The van der Waals surface area contributed by atoms with Gasteiger partial charge in [-0.1, -0.05) is 12.1 Å². The van der Waals surface area contributed by atoms with Crippen molar-refractivity contribution in [3.8, 4) is 5.75 Å². The van der Waals surface area contributed by atoms with Gasteiger partial charge in [0.1, 0.15) is 11.6 Å². The number of anilines is 1. The van der Waals surface area contributed by atoms with E-state index in [1.54, 1.807) is 25.3 Å². The van der Waals surface area contributed by atoms with E-state index >= 15 is 0 Å². The number of amides is 1. The van der Waals surface area contributed by atoms with Crippen LogP contribution in [0.2, 0.25) is 0 Å². The number of halogens is 2. The minimum atomic E-state index is -0.246. The molecule has 1 aromatic heterocycles. The van der Waals surface area contributed by atoms with Gasteiger partial charge in [0.15, 0.2) is 18.9 Å². The number of fused-ring (bicyclic) bond motifs is 1. The molecule has 0 atom stereocenters. The Hall–Kier alpha value is -3.44. The quantitative estimate of drug-likeness (QED) is 0.496. The molecule has 0 radical (unpaired) electrons. The Kier molecular flexibility index (Phi) is 6.65. The zero-order valence-electron chi connectivity index (χ0n) is 16.3. The van der Waals surface area contributed by atoms with Gasteiger partial charge >= 0.3 is 0 Å². The highest BCUT2D eigenvalue weighted by Crippen LogP contribution is 2.22. The van der Waals surface area contributed by atoms with Crippen molar-refractivity contribution in [2.75, 3.05) is 12.4 Å². The summed E-state index contributed by atoms with van der Waals surface area (Å²) < 4.78 is 20.2. The number of nitrogens with zero attached hydrogens (tertiary/aromatic N) is 1. The maximum atomic E-state index is 13.0. The lowest BCUT2D eigenvalue weighted by Gasteiger charge is -2.07. The predicted molar refractivity (Wildman–Crippen MR) is 111 cm³/mol. The second kappa shape index (κ2) is 9.37. The zero-order valence-corrected chi connectivity index (χ0v) is 17.1. The second-order valence-electron chi connectivity index (χ2n) is 6.77. The Bertz CT molecular complexity index is 1160. The third-order valence-corrected chi connectivity index (χ3v) is 4.74. The molecule has 0 spiro atoms. The average Bonchev–Trinajstić information content (AvgIpc) is 2.76. The van der Waals surface area contributed by atoms with E-state index in [9.17, 15) is 9.18 Å². The molecule has 0 aliphatic heterocycles. The number of pyridine rings is 1. The van der Waals surface area contributed by atoms with Gasteiger partial charge < -0.3 is 22.5 Å². The van der Waals surface area contributed by atoms with Crippen molar-refractivity contribution in [2.24, 2.45) is 0 Å².